The third kappa shape index (κ3) is 6.57. The number of hydrogen-bond acceptors (Lipinski definition) is 5. The van der Waals surface area contributed by atoms with E-state index in [2.05, 4.69) is 19.7 Å². The van der Waals surface area contributed by atoms with Gasteiger partial charge in [0.2, 0.25) is 6.29 Å². The molecule has 0 radical (unpaired) electrons. The van der Waals surface area contributed by atoms with Crippen molar-refractivity contribution < 1.29 is 23.8 Å². The first kappa shape index (κ1) is 18.6. The van der Waals surface area contributed by atoms with Gasteiger partial charge in [-0.25, -0.2) is 9.59 Å². The summed E-state index contributed by atoms with van der Waals surface area (Å²) in [5.41, 5.74) is 0.544. The second kappa shape index (κ2) is 9.58. The number of carbonyl (C=O) groups excluding carboxylic acids is 2. The van der Waals surface area contributed by atoms with E-state index in [1.165, 1.54) is 12.5 Å². The molecule has 0 saturated carbocycles. The second-order valence-electron chi connectivity index (χ2n) is 5.71. The fourth-order valence-corrected chi connectivity index (χ4v) is 4.94. The molecule has 1 aliphatic heterocycles. The van der Waals surface area contributed by atoms with E-state index < -0.39 is 27.0 Å². The van der Waals surface area contributed by atoms with Crippen LogP contribution < -0.4 is 0 Å². The molecule has 3 unspecified atom stereocenters. The van der Waals surface area contributed by atoms with Gasteiger partial charge in [-0.2, -0.15) is 0 Å². The van der Waals surface area contributed by atoms with Crippen LogP contribution in [0.4, 0.5) is 0 Å². The maximum Gasteiger partial charge on any atom is 0.333 e. The molecule has 3 atom stereocenters. The van der Waals surface area contributed by atoms with Gasteiger partial charge in [0.25, 0.3) is 0 Å². The molecule has 22 heavy (non-hydrogen) atoms. The van der Waals surface area contributed by atoms with Crippen LogP contribution in [0.5, 0.6) is 0 Å². The van der Waals surface area contributed by atoms with Crippen molar-refractivity contribution in [3.05, 3.63) is 24.8 Å². The van der Waals surface area contributed by atoms with Crippen LogP contribution >= 0.6 is 0 Å². The van der Waals surface area contributed by atoms with Gasteiger partial charge < -0.3 is 14.2 Å². The normalized spacial score (nSPS) is 22.5. The minimum absolute atomic E-state index is 0.128. The Morgan fingerprint density at radius 2 is 2.14 bits per heavy atom. The molecule has 0 aromatic carbocycles. The third-order valence-corrected chi connectivity index (χ3v) is 6.79. The quantitative estimate of drug-likeness (QED) is 0.297. The summed E-state index contributed by atoms with van der Waals surface area (Å²) in [6, 6.07) is 1.25. The lowest BCUT2D eigenvalue weighted by Gasteiger charge is -2.31. The fraction of sp³-hybridized carbons (Fsp3) is 0.625. The van der Waals surface area contributed by atoms with E-state index in [0.29, 0.717) is 12.0 Å². The minimum atomic E-state index is -0.951. The molecule has 0 amide bonds. The van der Waals surface area contributed by atoms with E-state index in [1.54, 1.807) is 6.92 Å². The van der Waals surface area contributed by atoms with Gasteiger partial charge in [-0.3, -0.25) is 0 Å². The van der Waals surface area contributed by atoms with Crippen LogP contribution in [0.15, 0.2) is 24.8 Å². The summed E-state index contributed by atoms with van der Waals surface area (Å²) in [4.78, 5) is 22.8. The summed E-state index contributed by atoms with van der Waals surface area (Å²) in [5.74, 6) is -0.976. The molecule has 0 aromatic rings. The van der Waals surface area contributed by atoms with Crippen LogP contribution in [0.25, 0.3) is 0 Å². The highest BCUT2D eigenvalue weighted by atomic mass is 28.3. The zero-order chi connectivity index (χ0) is 16.5. The Labute approximate surface area is 133 Å². The van der Waals surface area contributed by atoms with E-state index >= 15 is 0 Å². The SMILES string of the molecule is C=CC(=O)OC(CCOC(=O)C(=C)C)OC1CCCC[SiH]1C. The van der Waals surface area contributed by atoms with Crippen molar-refractivity contribution in [1.29, 1.82) is 0 Å². The van der Waals surface area contributed by atoms with Crippen molar-refractivity contribution in [2.24, 2.45) is 0 Å². The van der Waals surface area contributed by atoms with Crippen molar-refractivity contribution in [3.63, 3.8) is 0 Å². The third-order valence-electron chi connectivity index (χ3n) is 3.71. The predicted octanol–water partition coefficient (Wildman–Crippen LogP) is 2.52. The van der Waals surface area contributed by atoms with Gasteiger partial charge in [0.15, 0.2) is 0 Å². The number of ether oxygens (including phenoxy) is 3. The number of carbonyl (C=O) groups is 2. The van der Waals surface area contributed by atoms with Gasteiger partial charge in [-0.1, -0.05) is 38.6 Å². The van der Waals surface area contributed by atoms with Gasteiger partial charge in [0.05, 0.1) is 15.4 Å². The lowest BCUT2D eigenvalue weighted by molar-refractivity contribution is -0.182. The van der Waals surface area contributed by atoms with E-state index in [4.69, 9.17) is 14.2 Å². The molecule has 1 rings (SSSR count). The predicted molar refractivity (Wildman–Crippen MR) is 87.0 cm³/mol. The van der Waals surface area contributed by atoms with Gasteiger partial charge in [-0.15, -0.1) is 0 Å². The first-order valence-electron chi connectivity index (χ1n) is 7.75. The molecule has 1 aliphatic rings. The van der Waals surface area contributed by atoms with Crippen LogP contribution in [0.2, 0.25) is 12.6 Å². The van der Waals surface area contributed by atoms with Crippen molar-refractivity contribution in [2.45, 2.75) is 57.2 Å². The highest BCUT2D eigenvalue weighted by Crippen LogP contribution is 2.23. The maximum atomic E-state index is 11.4. The van der Waals surface area contributed by atoms with Crippen LogP contribution in [-0.2, 0) is 23.8 Å². The summed E-state index contributed by atoms with van der Waals surface area (Å²) < 4.78 is 16.2. The van der Waals surface area contributed by atoms with Crippen molar-refractivity contribution in [3.8, 4) is 0 Å². The van der Waals surface area contributed by atoms with Crippen LogP contribution in [0, 0.1) is 0 Å². The first-order valence-corrected chi connectivity index (χ1v) is 10.4. The molecule has 0 aromatic heterocycles. The van der Waals surface area contributed by atoms with Crippen LogP contribution in [-0.4, -0.2) is 39.4 Å². The number of esters is 2. The lowest BCUT2D eigenvalue weighted by Crippen LogP contribution is -2.38. The molecule has 5 nitrogen and oxygen atoms in total. The Hall–Kier alpha value is -1.40. The molecular formula is C16H26O5Si. The molecule has 1 saturated heterocycles. The zero-order valence-electron chi connectivity index (χ0n) is 13.5. The smallest absolute Gasteiger partial charge is 0.333 e. The zero-order valence-corrected chi connectivity index (χ0v) is 14.7. The van der Waals surface area contributed by atoms with Gasteiger partial charge in [-0.05, 0) is 13.3 Å². The first-order chi connectivity index (χ1) is 10.4. The number of rotatable bonds is 8. The molecule has 0 bridgehead atoms. The topological polar surface area (TPSA) is 61.8 Å². The highest BCUT2D eigenvalue weighted by Gasteiger charge is 2.27. The molecule has 6 heteroatoms. The van der Waals surface area contributed by atoms with E-state index in [9.17, 15) is 9.59 Å². The Morgan fingerprint density at radius 1 is 1.41 bits per heavy atom. The second-order valence-corrected chi connectivity index (χ2v) is 8.99. The molecule has 1 heterocycles. The Balaban J connectivity index is 2.51. The average Bonchev–Trinajstić information content (AvgIpc) is 2.48. The molecule has 0 N–H and O–H groups in total. The summed E-state index contributed by atoms with van der Waals surface area (Å²) in [6.07, 6.45) is 4.16. The molecular weight excluding hydrogens is 300 g/mol. The Kier molecular flexibility index (Phi) is 8.12. The minimum Gasteiger partial charge on any atom is -0.462 e. The van der Waals surface area contributed by atoms with E-state index in [1.807, 2.05) is 0 Å². The van der Waals surface area contributed by atoms with Crippen molar-refractivity contribution in [1.82, 2.24) is 0 Å². The molecule has 0 spiro atoms. The average molecular weight is 326 g/mol. The monoisotopic (exact) mass is 326 g/mol. The summed E-state index contributed by atoms with van der Waals surface area (Å²) in [7, 11) is -0.951. The lowest BCUT2D eigenvalue weighted by atomic mass is 10.2. The van der Waals surface area contributed by atoms with Crippen molar-refractivity contribution in [2.75, 3.05) is 6.61 Å². The van der Waals surface area contributed by atoms with E-state index in [0.717, 1.165) is 18.9 Å². The summed E-state index contributed by atoms with van der Waals surface area (Å²) in [6.45, 7) is 10.9. The van der Waals surface area contributed by atoms with Gasteiger partial charge in [0.1, 0.15) is 0 Å². The maximum absolute atomic E-state index is 11.4. The highest BCUT2D eigenvalue weighted by molar-refractivity contribution is 6.58. The molecule has 0 aliphatic carbocycles. The fourth-order valence-electron chi connectivity index (χ4n) is 2.38. The molecule has 1 fully saturated rings. The van der Waals surface area contributed by atoms with Gasteiger partial charge >= 0.3 is 11.9 Å². The summed E-state index contributed by atoms with van der Waals surface area (Å²) in [5, 5.41) is 0. The Bertz CT molecular complexity index is 421. The van der Waals surface area contributed by atoms with Crippen LogP contribution in [0.1, 0.15) is 32.6 Å². The largest absolute Gasteiger partial charge is 0.462 e. The standard InChI is InChI=1S/C16H26O5Si/c1-5-13(17)20-14(9-10-19-16(18)12(2)3)21-15-8-6-7-11-22(15)4/h5,14-15,22H,1-2,6-11H2,3-4H3. The summed E-state index contributed by atoms with van der Waals surface area (Å²) >= 11 is 0. The molecule has 124 valence electrons. The number of hydrogen-bond donors (Lipinski definition) is 0. The van der Waals surface area contributed by atoms with Crippen molar-refractivity contribution >= 4 is 20.7 Å². The van der Waals surface area contributed by atoms with E-state index in [-0.39, 0.29) is 12.3 Å². The van der Waals surface area contributed by atoms with Gasteiger partial charge in [0, 0.05) is 23.8 Å². The van der Waals surface area contributed by atoms with Crippen LogP contribution in [0.3, 0.4) is 0 Å². The Morgan fingerprint density at radius 3 is 2.73 bits per heavy atom.